The summed E-state index contributed by atoms with van der Waals surface area (Å²) in [7, 11) is 3.25. The van der Waals surface area contributed by atoms with Crippen LogP contribution in [0.2, 0.25) is 0 Å². The molecule has 3 heterocycles. The number of rotatable bonds is 4. The Morgan fingerprint density at radius 2 is 2.04 bits per heavy atom. The van der Waals surface area contributed by atoms with Crippen molar-refractivity contribution in [2.75, 3.05) is 27.4 Å². The summed E-state index contributed by atoms with van der Waals surface area (Å²) in [6.45, 7) is 3.38. The SMILES string of the molecule is COc1ccc(C2SC(C)=Nc3c2c(=O)[nH]n3C2CCOCC2)c(OC)c1. The van der Waals surface area contributed by atoms with E-state index in [4.69, 9.17) is 19.2 Å². The first-order chi connectivity index (χ1) is 13.1. The van der Waals surface area contributed by atoms with Crippen molar-refractivity contribution >= 4 is 22.6 Å². The molecule has 7 nitrogen and oxygen atoms in total. The number of hydrogen-bond acceptors (Lipinski definition) is 6. The molecule has 1 aromatic heterocycles. The molecular weight excluding hydrogens is 366 g/mol. The van der Waals surface area contributed by atoms with Crippen LogP contribution in [0.5, 0.6) is 11.5 Å². The van der Waals surface area contributed by atoms with Gasteiger partial charge >= 0.3 is 0 Å². The average Bonchev–Trinajstić information content (AvgIpc) is 3.03. The Labute approximate surface area is 161 Å². The molecule has 27 heavy (non-hydrogen) atoms. The van der Waals surface area contributed by atoms with Crippen molar-refractivity contribution in [3.63, 3.8) is 0 Å². The van der Waals surface area contributed by atoms with Gasteiger partial charge in [-0.2, -0.15) is 0 Å². The number of H-pyrrole nitrogens is 1. The second kappa shape index (κ2) is 7.44. The van der Waals surface area contributed by atoms with Crippen LogP contribution in [0.3, 0.4) is 0 Å². The molecule has 0 amide bonds. The van der Waals surface area contributed by atoms with Gasteiger partial charge in [0.25, 0.3) is 5.56 Å². The minimum Gasteiger partial charge on any atom is -0.497 e. The second-order valence-corrected chi connectivity index (χ2v) is 7.93. The Morgan fingerprint density at radius 1 is 1.26 bits per heavy atom. The van der Waals surface area contributed by atoms with Gasteiger partial charge in [-0.3, -0.25) is 14.6 Å². The largest absolute Gasteiger partial charge is 0.497 e. The van der Waals surface area contributed by atoms with E-state index < -0.39 is 0 Å². The average molecular weight is 389 g/mol. The predicted octanol–water partition coefficient (Wildman–Crippen LogP) is 3.43. The number of thioether (sulfide) groups is 1. The number of methoxy groups -OCH3 is 2. The number of benzene rings is 1. The molecule has 2 aliphatic rings. The van der Waals surface area contributed by atoms with Crippen LogP contribution < -0.4 is 15.0 Å². The van der Waals surface area contributed by atoms with Crippen LogP contribution in [0.4, 0.5) is 5.82 Å². The topological polar surface area (TPSA) is 77.8 Å². The van der Waals surface area contributed by atoms with Crippen molar-refractivity contribution in [3.05, 3.63) is 39.7 Å². The lowest BCUT2D eigenvalue weighted by Crippen LogP contribution is -2.21. The molecule has 1 unspecified atom stereocenters. The standard InChI is InChI=1S/C19H23N3O4S/c1-11-20-18-16(19(23)21-22(18)12-6-8-26-9-7-12)17(27-11)14-5-4-13(24-2)10-15(14)25-3/h4-5,10,12,17H,6-9H2,1-3H3,(H,21,23). The molecule has 144 valence electrons. The summed E-state index contributed by atoms with van der Waals surface area (Å²) in [6, 6.07) is 5.90. The van der Waals surface area contributed by atoms with Crippen LogP contribution in [0.15, 0.2) is 28.0 Å². The minimum absolute atomic E-state index is 0.0943. The monoisotopic (exact) mass is 389 g/mol. The van der Waals surface area contributed by atoms with Gasteiger partial charge in [0.05, 0.1) is 36.1 Å². The van der Waals surface area contributed by atoms with Crippen molar-refractivity contribution in [3.8, 4) is 11.5 Å². The fraction of sp³-hybridized carbons (Fsp3) is 0.474. The lowest BCUT2D eigenvalue weighted by molar-refractivity contribution is 0.0666. The highest BCUT2D eigenvalue weighted by atomic mass is 32.2. The Hall–Kier alpha value is -2.19. The molecular formula is C19H23N3O4S. The second-order valence-electron chi connectivity index (χ2n) is 6.63. The zero-order valence-corrected chi connectivity index (χ0v) is 16.5. The lowest BCUT2D eigenvalue weighted by atomic mass is 10.0. The maximum absolute atomic E-state index is 12.9. The first-order valence-electron chi connectivity index (χ1n) is 8.98. The normalized spacial score (nSPS) is 20.1. The van der Waals surface area contributed by atoms with Gasteiger partial charge in [0.15, 0.2) is 5.82 Å². The van der Waals surface area contributed by atoms with E-state index in [1.165, 1.54) is 0 Å². The zero-order valence-electron chi connectivity index (χ0n) is 15.7. The van der Waals surface area contributed by atoms with Gasteiger partial charge in [-0.25, -0.2) is 4.99 Å². The van der Waals surface area contributed by atoms with Crippen molar-refractivity contribution < 1.29 is 14.2 Å². The lowest BCUT2D eigenvalue weighted by Gasteiger charge is -2.26. The van der Waals surface area contributed by atoms with Crippen LogP contribution >= 0.6 is 11.8 Å². The summed E-state index contributed by atoms with van der Waals surface area (Å²) in [5, 5.41) is 3.77. The number of aromatic amines is 1. The van der Waals surface area contributed by atoms with Crippen molar-refractivity contribution in [1.82, 2.24) is 9.78 Å². The van der Waals surface area contributed by atoms with E-state index in [1.54, 1.807) is 26.0 Å². The minimum atomic E-state index is -0.178. The van der Waals surface area contributed by atoms with Gasteiger partial charge in [-0.05, 0) is 25.8 Å². The van der Waals surface area contributed by atoms with E-state index in [1.807, 2.05) is 29.8 Å². The van der Waals surface area contributed by atoms with E-state index in [-0.39, 0.29) is 16.9 Å². The van der Waals surface area contributed by atoms with Gasteiger partial charge < -0.3 is 14.2 Å². The molecule has 2 aliphatic heterocycles. The molecule has 0 aliphatic carbocycles. The van der Waals surface area contributed by atoms with Gasteiger partial charge in [0.1, 0.15) is 11.5 Å². The first-order valence-corrected chi connectivity index (χ1v) is 9.86. The number of hydrogen-bond donors (Lipinski definition) is 1. The molecule has 1 atom stereocenters. The zero-order chi connectivity index (χ0) is 19.0. The number of nitrogens with zero attached hydrogens (tertiary/aromatic N) is 2. The fourth-order valence-electron chi connectivity index (χ4n) is 3.67. The molecule has 4 rings (SSSR count). The summed E-state index contributed by atoms with van der Waals surface area (Å²) in [5.41, 5.74) is 1.53. The molecule has 2 aromatic rings. The maximum Gasteiger partial charge on any atom is 0.271 e. The number of fused-ring (bicyclic) bond motifs is 1. The van der Waals surface area contributed by atoms with Crippen molar-refractivity contribution in [1.29, 1.82) is 0 Å². The number of aliphatic imine (C=N–C) groups is 1. The highest BCUT2D eigenvalue weighted by Crippen LogP contribution is 2.47. The molecule has 8 heteroatoms. The van der Waals surface area contributed by atoms with E-state index in [0.29, 0.717) is 24.5 Å². The Morgan fingerprint density at radius 3 is 2.74 bits per heavy atom. The first kappa shape index (κ1) is 18.2. The Bertz CT molecular complexity index is 928. The third kappa shape index (κ3) is 3.27. The highest BCUT2D eigenvalue weighted by molar-refractivity contribution is 8.14. The van der Waals surface area contributed by atoms with Gasteiger partial charge in [-0.15, -0.1) is 0 Å². The third-order valence-electron chi connectivity index (χ3n) is 5.03. The number of aromatic nitrogens is 2. The Balaban J connectivity index is 1.82. The Kier molecular flexibility index (Phi) is 5.01. The molecule has 1 aromatic carbocycles. The van der Waals surface area contributed by atoms with E-state index in [2.05, 4.69) is 5.10 Å². The predicted molar refractivity (Wildman–Crippen MR) is 106 cm³/mol. The van der Waals surface area contributed by atoms with E-state index in [9.17, 15) is 4.79 Å². The number of nitrogens with one attached hydrogen (secondary N) is 1. The van der Waals surface area contributed by atoms with Gasteiger partial charge in [0.2, 0.25) is 0 Å². The highest BCUT2D eigenvalue weighted by Gasteiger charge is 2.33. The molecule has 0 radical (unpaired) electrons. The molecule has 1 saturated heterocycles. The quantitative estimate of drug-likeness (QED) is 0.867. The summed E-state index contributed by atoms with van der Waals surface area (Å²) in [6.07, 6.45) is 1.74. The fourth-order valence-corrected chi connectivity index (χ4v) is 4.80. The van der Waals surface area contributed by atoms with Crippen LogP contribution in [0, 0.1) is 0 Å². The third-order valence-corrected chi connectivity index (χ3v) is 6.19. The maximum atomic E-state index is 12.9. The van der Waals surface area contributed by atoms with Crippen LogP contribution in [0.25, 0.3) is 0 Å². The van der Waals surface area contributed by atoms with Crippen molar-refractivity contribution in [2.45, 2.75) is 31.1 Å². The summed E-state index contributed by atoms with van der Waals surface area (Å²) in [4.78, 5) is 17.6. The molecule has 0 bridgehead atoms. The summed E-state index contributed by atoms with van der Waals surface area (Å²) >= 11 is 1.57. The smallest absolute Gasteiger partial charge is 0.271 e. The summed E-state index contributed by atoms with van der Waals surface area (Å²) in [5.74, 6) is 2.15. The van der Waals surface area contributed by atoms with Crippen LogP contribution in [-0.4, -0.2) is 42.3 Å². The van der Waals surface area contributed by atoms with Crippen molar-refractivity contribution in [2.24, 2.45) is 4.99 Å². The van der Waals surface area contributed by atoms with Gasteiger partial charge in [-0.1, -0.05) is 17.8 Å². The summed E-state index contributed by atoms with van der Waals surface area (Å²) < 4.78 is 18.3. The molecule has 1 N–H and O–H groups in total. The molecule has 0 spiro atoms. The van der Waals surface area contributed by atoms with E-state index in [0.717, 1.165) is 35.0 Å². The van der Waals surface area contributed by atoms with Gasteiger partial charge in [0, 0.05) is 24.8 Å². The number of ether oxygens (including phenoxy) is 3. The van der Waals surface area contributed by atoms with E-state index >= 15 is 0 Å². The van der Waals surface area contributed by atoms with Crippen LogP contribution in [-0.2, 0) is 4.74 Å². The molecule has 1 fully saturated rings. The van der Waals surface area contributed by atoms with Crippen LogP contribution in [0.1, 0.15) is 42.2 Å². The molecule has 0 saturated carbocycles.